The van der Waals surface area contributed by atoms with Gasteiger partial charge in [0.15, 0.2) is 5.13 Å². The third-order valence-electron chi connectivity index (χ3n) is 5.96. The Morgan fingerprint density at radius 1 is 1.21 bits per heavy atom. The number of urea groups is 1. The minimum absolute atomic E-state index is 0.188. The predicted molar refractivity (Wildman–Crippen MR) is 130 cm³/mol. The molecule has 9 heteroatoms. The molecule has 2 aromatic heterocycles. The van der Waals surface area contributed by atoms with Crippen LogP contribution in [0.25, 0.3) is 21.7 Å². The number of hydrogen-bond acceptors (Lipinski definition) is 7. The summed E-state index contributed by atoms with van der Waals surface area (Å²) in [7, 11) is 0. The molecule has 1 saturated heterocycles. The van der Waals surface area contributed by atoms with Crippen LogP contribution >= 0.6 is 11.3 Å². The number of pyridine rings is 1. The number of aliphatic hydroxyl groups excluding tert-OH is 1. The normalized spacial score (nSPS) is 14.8. The number of amides is 2. The molecule has 0 bridgehead atoms. The van der Waals surface area contributed by atoms with Gasteiger partial charge in [-0.15, -0.1) is 0 Å². The number of likely N-dealkylation sites (tertiary alicyclic amines) is 1. The molecule has 0 spiro atoms. The van der Waals surface area contributed by atoms with Gasteiger partial charge < -0.3 is 10.0 Å². The largest absolute Gasteiger partial charge is 0.390 e. The van der Waals surface area contributed by atoms with Gasteiger partial charge in [-0.25, -0.2) is 9.78 Å². The van der Waals surface area contributed by atoms with Crippen LogP contribution in [0.4, 0.5) is 9.93 Å². The van der Waals surface area contributed by atoms with Gasteiger partial charge in [0.25, 0.3) is 0 Å². The minimum atomic E-state index is -0.395. The minimum Gasteiger partial charge on any atom is -0.390 e. The molecular formula is C25H24N6O2S. The van der Waals surface area contributed by atoms with Gasteiger partial charge in [-0.05, 0) is 56.5 Å². The van der Waals surface area contributed by atoms with Gasteiger partial charge in [0.05, 0.1) is 46.0 Å². The summed E-state index contributed by atoms with van der Waals surface area (Å²) in [5.41, 5.74) is 3.64. The molecule has 1 aliphatic heterocycles. The number of aryl methyl sites for hydroxylation is 1. The van der Waals surface area contributed by atoms with Crippen molar-refractivity contribution in [1.29, 1.82) is 10.5 Å². The summed E-state index contributed by atoms with van der Waals surface area (Å²) in [5.74, 6) is 0. The van der Waals surface area contributed by atoms with E-state index in [1.807, 2.05) is 26.0 Å². The van der Waals surface area contributed by atoms with Crippen LogP contribution in [0.1, 0.15) is 36.7 Å². The van der Waals surface area contributed by atoms with Gasteiger partial charge in [-0.1, -0.05) is 23.5 Å². The number of hydrogen-bond donors (Lipinski definition) is 2. The first-order chi connectivity index (χ1) is 16.3. The number of nitrogens with zero attached hydrogens (tertiary/aromatic N) is 5. The first-order valence-electron chi connectivity index (χ1n) is 10.9. The van der Waals surface area contributed by atoms with Crippen molar-refractivity contribution >= 4 is 22.5 Å². The molecular weight excluding hydrogens is 448 g/mol. The number of nitrogens with one attached hydrogen (secondary N) is 1. The second-order valence-corrected chi connectivity index (χ2v) is 9.62. The van der Waals surface area contributed by atoms with Crippen molar-refractivity contribution in [3.05, 3.63) is 53.3 Å². The lowest BCUT2D eigenvalue weighted by atomic mass is 9.82. The molecule has 1 aromatic carbocycles. The monoisotopic (exact) mass is 472 g/mol. The van der Waals surface area contributed by atoms with Crippen molar-refractivity contribution in [2.75, 3.05) is 18.4 Å². The zero-order valence-electron chi connectivity index (χ0n) is 19.0. The summed E-state index contributed by atoms with van der Waals surface area (Å²) in [6.45, 7) is 4.61. The molecule has 0 radical (unpaired) electrons. The fourth-order valence-corrected chi connectivity index (χ4v) is 4.90. The summed E-state index contributed by atoms with van der Waals surface area (Å²) in [5, 5.41) is 31.6. The molecule has 0 aliphatic carbocycles. The Balaban J connectivity index is 1.68. The molecule has 2 amide bonds. The highest BCUT2D eigenvalue weighted by atomic mass is 32.1. The van der Waals surface area contributed by atoms with E-state index in [4.69, 9.17) is 4.98 Å². The highest BCUT2D eigenvalue weighted by molar-refractivity contribution is 7.19. The zero-order chi connectivity index (χ0) is 24.3. The van der Waals surface area contributed by atoms with Crippen molar-refractivity contribution < 1.29 is 9.90 Å². The van der Waals surface area contributed by atoms with Crippen molar-refractivity contribution in [3.63, 3.8) is 0 Å². The Kier molecular flexibility index (Phi) is 6.60. The number of piperidine rings is 1. The first-order valence-corrected chi connectivity index (χ1v) is 11.7. The quantitative estimate of drug-likeness (QED) is 0.567. The molecule has 3 aromatic rings. The maximum Gasteiger partial charge on any atom is 0.323 e. The molecule has 1 fully saturated rings. The molecule has 34 heavy (non-hydrogen) atoms. The second-order valence-electron chi connectivity index (χ2n) is 8.63. The first kappa shape index (κ1) is 23.4. The molecule has 0 atom stereocenters. The summed E-state index contributed by atoms with van der Waals surface area (Å²) >= 11 is 1.33. The van der Waals surface area contributed by atoms with E-state index in [1.54, 1.807) is 29.2 Å². The molecule has 172 valence electrons. The van der Waals surface area contributed by atoms with Crippen LogP contribution in [0.15, 0.2) is 36.4 Å². The molecule has 1 aliphatic rings. The van der Waals surface area contributed by atoms with Gasteiger partial charge in [-0.2, -0.15) is 10.5 Å². The van der Waals surface area contributed by atoms with Gasteiger partial charge in [0.1, 0.15) is 0 Å². The Hall–Kier alpha value is -3.79. The lowest BCUT2D eigenvalue weighted by Gasteiger charge is -2.34. The van der Waals surface area contributed by atoms with Crippen LogP contribution in [-0.2, 0) is 6.61 Å². The lowest BCUT2D eigenvalue weighted by molar-refractivity contribution is 0.166. The van der Waals surface area contributed by atoms with Crippen LogP contribution in [0.2, 0.25) is 0 Å². The Labute approximate surface area is 202 Å². The number of benzene rings is 1. The maximum absolute atomic E-state index is 12.9. The van der Waals surface area contributed by atoms with Gasteiger partial charge >= 0.3 is 6.03 Å². The van der Waals surface area contributed by atoms with Crippen LogP contribution < -0.4 is 5.32 Å². The maximum atomic E-state index is 12.9. The number of nitriles is 2. The van der Waals surface area contributed by atoms with Gasteiger partial charge in [0, 0.05) is 24.3 Å². The van der Waals surface area contributed by atoms with E-state index in [1.165, 1.54) is 11.3 Å². The van der Waals surface area contributed by atoms with Gasteiger partial charge in [0.2, 0.25) is 0 Å². The third kappa shape index (κ3) is 4.91. The number of rotatable bonds is 4. The molecule has 4 rings (SSSR count). The van der Waals surface area contributed by atoms with Crippen molar-refractivity contribution in [1.82, 2.24) is 14.9 Å². The van der Waals surface area contributed by atoms with Crippen LogP contribution in [-0.4, -0.2) is 39.1 Å². The van der Waals surface area contributed by atoms with E-state index in [-0.39, 0.29) is 12.6 Å². The van der Waals surface area contributed by atoms with Gasteiger partial charge in [-0.3, -0.25) is 10.3 Å². The Morgan fingerprint density at radius 3 is 2.65 bits per heavy atom. The second kappa shape index (κ2) is 9.60. The Bertz CT molecular complexity index is 1310. The molecule has 3 heterocycles. The van der Waals surface area contributed by atoms with Crippen LogP contribution in [0.3, 0.4) is 0 Å². The van der Waals surface area contributed by atoms with Crippen LogP contribution in [0.5, 0.6) is 0 Å². The number of thiazole rings is 1. The van der Waals surface area contributed by atoms with E-state index in [0.29, 0.717) is 48.0 Å². The smallest absolute Gasteiger partial charge is 0.323 e. The van der Waals surface area contributed by atoms with Crippen molar-refractivity contribution in [2.24, 2.45) is 5.41 Å². The SMILES string of the molecule is Cc1cc(-c2sc(NC(=O)N3CCC(C)(C#N)CC3)nc2-c2cccc(C#N)c2)cc(CO)n1. The molecule has 8 nitrogen and oxygen atoms in total. The standard InChI is InChI=1S/C25H24N6O2S/c1-16-10-19(12-20(14-32)28-16)22-21(18-5-3-4-17(11-18)13-26)29-23(34-22)30-24(33)31-8-6-25(2,15-27)7-9-31/h3-5,10-12,32H,6-9,14H2,1-2H3,(H,29,30,33). The summed E-state index contributed by atoms with van der Waals surface area (Å²) in [4.78, 5) is 24.5. The third-order valence-corrected chi connectivity index (χ3v) is 6.98. The van der Waals surface area contributed by atoms with E-state index < -0.39 is 5.41 Å². The number of aliphatic hydroxyl groups is 1. The van der Waals surface area contributed by atoms with Crippen LogP contribution in [0, 0.1) is 35.0 Å². The zero-order valence-corrected chi connectivity index (χ0v) is 19.8. The van der Waals surface area contributed by atoms with E-state index >= 15 is 0 Å². The van der Waals surface area contributed by atoms with Crippen molar-refractivity contribution in [2.45, 2.75) is 33.3 Å². The fraction of sp³-hybridized carbons (Fsp3) is 0.320. The fourth-order valence-electron chi connectivity index (χ4n) is 3.94. The lowest BCUT2D eigenvalue weighted by Crippen LogP contribution is -2.43. The van der Waals surface area contributed by atoms with E-state index in [0.717, 1.165) is 21.7 Å². The van der Waals surface area contributed by atoms with E-state index in [2.05, 4.69) is 22.4 Å². The van der Waals surface area contributed by atoms with Crippen molar-refractivity contribution in [3.8, 4) is 33.8 Å². The summed E-state index contributed by atoms with van der Waals surface area (Å²) in [6, 6.07) is 15.1. The number of carbonyl (C=O) groups excluding carboxylic acids is 1. The summed E-state index contributed by atoms with van der Waals surface area (Å²) in [6.07, 6.45) is 1.26. The number of aromatic nitrogens is 2. The number of anilines is 1. The predicted octanol–water partition coefficient (Wildman–Crippen LogP) is 4.70. The molecule has 0 saturated carbocycles. The summed E-state index contributed by atoms with van der Waals surface area (Å²) < 4.78 is 0. The average Bonchev–Trinajstić information content (AvgIpc) is 3.28. The molecule has 0 unspecified atom stereocenters. The Morgan fingerprint density at radius 2 is 1.97 bits per heavy atom. The number of carbonyl (C=O) groups is 1. The molecule has 2 N–H and O–H groups in total. The van der Waals surface area contributed by atoms with E-state index in [9.17, 15) is 20.4 Å². The highest BCUT2D eigenvalue weighted by Crippen LogP contribution is 2.40. The average molecular weight is 473 g/mol. The highest BCUT2D eigenvalue weighted by Gasteiger charge is 2.32. The topological polar surface area (TPSA) is 126 Å².